The lowest BCUT2D eigenvalue weighted by molar-refractivity contribution is 0.0389. The fourth-order valence-electron chi connectivity index (χ4n) is 2.96. The van der Waals surface area contributed by atoms with Gasteiger partial charge < -0.3 is 20.3 Å². The zero-order valence-electron chi connectivity index (χ0n) is 16.8. The maximum absolute atomic E-state index is 5.39. The number of anilines is 1. The van der Waals surface area contributed by atoms with Crippen LogP contribution in [0.5, 0.6) is 0 Å². The van der Waals surface area contributed by atoms with Crippen LogP contribution in [-0.2, 0) is 4.74 Å². The molecule has 1 aliphatic rings. The lowest BCUT2D eigenvalue weighted by Gasteiger charge is -2.26. The Labute approximate surface area is 181 Å². The predicted molar refractivity (Wildman–Crippen MR) is 126 cm³/mol. The number of unbranched alkanes of at least 4 members (excludes halogenated alkanes) is 1. The van der Waals surface area contributed by atoms with Crippen LogP contribution < -0.4 is 15.5 Å². The number of hydrogen-bond donors (Lipinski definition) is 2. The number of para-hydroxylation sites is 1. The first-order chi connectivity index (χ1) is 12.8. The van der Waals surface area contributed by atoms with E-state index in [0.717, 1.165) is 77.8 Å². The average molecular weight is 489 g/mol. The van der Waals surface area contributed by atoms with Crippen LogP contribution in [-0.4, -0.2) is 76.9 Å². The highest BCUT2D eigenvalue weighted by Crippen LogP contribution is 2.11. The molecule has 27 heavy (non-hydrogen) atoms. The van der Waals surface area contributed by atoms with E-state index in [-0.39, 0.29) is 24.0 Å². The second kappa shape index (κ2) is 14.9. The van der Waals surface area contributed by atoms with Gasteiger partial charge in [-0.25, -0.2) is 0 Å². The molecule has 1 aromatic carbocycles. The molecule has 0 atom stereocenters. The number of rotatable bonds is 10. The molecule has 1 aliphatic heterocycles. The summed E-state index contributed by atoms with van der Waals surface area (Å²) in [6.45, 7) is 10.6. The Morgan fingerprint density at radius 1 is 1.15 bits per heavy atom. The summed E-state index contributed by atoms with van der Waals surface area (Å²) in [5.41, 5.74) is 1.27. The Morgan fingerprint density at radius 3 is 2.59 bits per heavy atom. The molecule has 0 amide bonds. The summed E-state index contributed by atoms with van der Waals surface area (Å²) in [7, 11) is 2.15. The van der Waals surface area contributed by atoms with Crippen molar-refractivity contribution in [1.82, 2.24) is 15.5 Å². The van der Waals surface area contributed by atoms with E-state index >= 15 is 0 Å². The monoisotopic (exact) mass is 489 g/mol. The van der Waals surface area contributed by atoms with Crippen LogP contribution in [0.3, 0.4) is 0 Å². The molecule has 1 saturated heterocycles. The lowest BCUT2D eigenvalue weighted by atomic mass is 10.2. The average Bonchev–Trinajstić information content (AvgIpc) is 2.69. The number of halogens is 1. The van der Waals surface area contributed by atoms with Crippen LogP contribution in [0.4, 0.5) is 5.69 Å². The molecule has 154 valence electrons. The van der Waals surface area contributed by atoms with Gasteiger partial charge in [0.15, 0.2) is 5.96 Å². The molecule has 1 aromatic rings. The topological polar surface area (TPSA) is 52.1 Å². The van der Waals surface area contributed by atoms with Gasteiger partial charge in [-0.1, -0.05) is 18.2 Å². The van der Waals surface area contributed by atoms with Gasteiger partial charge >= 0.3 is 0 Å². The van der Waals surface area contributed by atoms with E-state index in [2.05, 4.69) is 64.7 Å². The molecule has 0 unspecified atom stereocenters. The summed E-state index contributed by atoms with van der Waals surface area (Å²) in [6.07, 6.45) is 2.24. The molecule has 2 N–H and O–H groups in total. The van der Waals surface area contributed by atoms with Gasteiger partial charge in [0.1, 0.15) is 0 Å². The normalized spacial score (nSPS) is 15.1. The minimum absolute atomic E-state index is 0. The van der Waals surface area contributed by atoms with Gasteiger partial charge in [-0.2, -0.15) is 0 Å². The summed E-state index contributed by atoms with van der Waals surface area (Å²) in [5, 5.41) is 6.77. The third-order valence-electron chi connectivity index (χ3n) is 4.54. The van der Waals surface area contributed by atoms with Gasteiger partial charge in [-0.15, -0.1) is 24.0 Å². The first-order valence-electron chi connectivity index (χ1n) is 9.88. The van der Waals surface area contributed by atoms with E-state index < -0.39 is 0 Å². The van der Waals surface area contributed by atoms with Crippen molar-refractivity contribution < 1.29 is 4.74 Å². The first kappa shape index (κ1) is 24.0. The molecular weight excluding hydrogens is 453 g/mol. The molecular formula is C20H36IN5O. The molecule has 6 nitrogen and oxygen atoms in total. The van der Waals surface area contributed by atoms with Gasteiger partial charge in [0.2, 0.25) is 0 Å². The van der Waals surface area contributed by atoms with Crippen molar-refractivity contribution in [1.29, 1.82) is 0 Å². The number of aliphatic imine (C=N–C) groups is 1. The number of nitrogens with one attached hydrogen (secondary N) is 2. The van der Waals surface area contributed by atoms with Crippen LogP contribution in [0.15, 0.2) is 35.3 Å². The van der Waals surface area contributed by atoms with E-state index in [4.69, 9.17) is 9.73 Å². The van der Waals surface area contributed by atoms with Crippen LogP contribution in [0.2, 0.25) is 0 Å². The second-order valence-electron chi connectivity index (χ2n) is 6.61. The minimum Gasteiger partial charge on any atom is -0.379 e. The van der Waals surface area contributed by atoms with Gasteiger partial charge in [0, 0.05) is 58.5 Å². The number of benzene rings is 1. The highest BCUT2D eigenvalue weighted by Gasteiger charge is 2.09. The van der Waals surface area contributed by atoms with Crippen molar-refractivity contribution >= 4 is 35.6 Å². The van der Waals surface area contributed by atoms with E-state index in [1.807, 2.05) is 0 Å². The summed E-state index contributed by atoms with van der Waals surface area (Å²) in [5.74, 6) is 0.928. The highest BCUT2D eigenvalue weighted by molar-refractivity contribution is 14.0. The summed E-state index contributed by atoms with van der Waals surface area (Å²) in [6, 6.07) is 10.5. The Bertz CT molecular complexity index is 508. The molecule has 0 spiro atoms. The SMILES string of the molecule is CCNC(=NCCCCN(C)c1ccccc1)NCCN1CCOCC1.I. The molecule has 1 heterocycles. The maximum Gasteiger partial charge on any atom is 0.191 e. The van der Waals surface area contributed by atoms with Crippen molar-refractivity contribution in [3.8, 4) is 0 Å². The van der Waals surface area contributed by atoms with E-state index in [0.29, 0.717) is 0 Å². The Hall–Kier alpha value is -1.06. The number of hydrogen-bond acceptors (Lipinski definition) is 4. The lowest BCUT2D eigenvalue weighted by Crippen LogP contribution is -2.44. The number of morpholine rings is 1. The quantitative estimate of drug-likeness (QED) is 0.229. The molecule has 2 rings (SSSR count). The van der Waals surface area contributed by atoms with Crippen LogP contribution >= 0.6 is 24.0 Å². The first-order valence-corrected chi connectivity index (χ1v) is 9.88. The second-order valence-corrected chi connectivity index (χ2v) is 6.61. The minimum atomic E-state index is 0. The molecule has 7 heteroatoms. The molecule has 1 fully saturated rings. The molecule has 0 saturated carbocycles. The number of nitrogens with zero attached hydrogens (tertiary/aromatic N) is 3. The van der Waals surface area contributed by atoms with Crippen LogP contribution in [0.1, 0.15) is 19.8 Å². The van der Waals surface area contributed by atoms with Crippen molar-refractivity contribution in [3.63, 3.8) is 0 Å². The number of ether oxygens (including phenoxy) is 1. The standard InChI is InChI=1S/C20H35N5O.HI/c1-3-21-20(23-12-14-25-15-17-26-18-16-25)22-11-7-8-13-24(2)19-9-5-4-6-10-19;/h4-6,9-10H,3,7-8,11-18H2,1-2H3,(H2,21,22,23);1H. The van der Waals surface area contributed by atoms with Crippen molar-refractivity contribution in [3.05, 3.63) is 30.3 Å². The molecule has 0 aromatic heterocycles. The number of guanidine groups is 1. The van der Waals surface area contributed by atoms with Crippen molar-refractivity contribution in [2.45, 2.75) is 19.8 Å². The fourth-order valence-corrected chi connectivity index (χ4v) is 2.96. The summed E-state index contributed by atoms with van der Waals surface area (Å²) >= 11 is 0. The maximum atomic E-state index is 5.39. The largest absolute Gasteiger partial charge is 0.379 e. The van der Waals surface area contributed by atoms with E-state index in [1.165, 1.54) is 5.69 Å². The molecule has 0 bridgehead atoms. The fraction of sp³-hybridized carbons (Fsp3) is 0.650. The predicted octanol–water partition coefficient (Wildman–Crippen LogP) is 2.41. The van der Waals surface area contributed by atoms with Gasteiger partial charge in [0.25, 0.3) is 0 Å². The van der Waals surface area contributed by atoms with E-state index in [9.17, 15) is 0 Å². The highest BCUT2D eigenvalue weighted by atomic mass is 127. The van der Waals surface area contributed by atoms with Gasteiger partial charge in [-0.3, -0.25) is 9.89 Å². The zero-order valence-corrected chi connectivity index (χ0v) is 19.2. The third kappa shape index (κ3) is 10.2. The third-order valence-corrected chi connectivity index (χ3v) is 4.54. The molecule has 0 radical (unpaired) electrons. The summed E-state index contributed by atoms with van der Waals surface area (Å²) < 4.78 is 5.39. The van der Waals surface area contributed by atoms with Crippen LogP contribution in [0, 0.1) is 0 Å². The Balaban J connectivity index is 0.00000364. The Kier molecular flexibility index (Phi) is 13.3. The zero-order chi connectivity index (χ0) is 18.5. The van der Waals surface area contributed by atoms with Gasteiger partial charge in [0.05, 0.1) is 13.2 Å². The van der Waals surface area contributed by atoms with E-state index in [1.54, 1.807) is 0 Å². The Morgan fingerprint density at radius 2 is 1.89 bits per heavy atom. The van der Waals surface area contributed by atoms with Gasteiger partial charge in [-0.05, 0) is 31.9 Å². The van der Waals surface area contributed by atoms with Crippen LogP contribution in [0.25, 0.3) is 0 Å². The molecule has 0 aliphatic carbocycles. The van der Waals surface area contributed by atoms with Crippen molar-refractivity contribution in [2.24, 2.45) is 4.99 Å². The summed E-state index contributed by atoms with van der Waals surface area (Å²) in [4.78, 5) is 9.43. The van der Waals surface area contributed by atoms with Crippen molar-refractivity contribution in [2.75, 3.05) is 71.0 Å². The smallest absolute Gasteiger partial charge is 0.191 e.